The molecule has 0 fully saturated rings. The van der Waals surface area contributed by atoms with Crippen molar-refractivity contribution in [3.63, 3.8) is 0 Å². The van der Waals surface area contributed by atoms with E-state index in [4.69, 9.17) is 5.11 Å². The van der Waals surface area contributed by atoms with Gasteiger partial charge >= 0.3 is 11.9 Å². The highest BCUT2D eigenvalue weighted by atomic mass is 16.4. The molecule has 0 saturated carbocycles. The van der Waals surface area contributed by atoms with Gasteiger partial charge in [-0.1, -0.05) is 42.5 Å². The normalized spacial score (nSPS) is 14.8. The highest BCUT2D eigenvalue weighted by molar-refractivity contribution is 6.09. The smallest absolute Gasteiger partial charge is 0.337 e. The number of rotatable bonds is 6. The Kier molecular flexibility index (Phi) is 6.42. The third-order valence-electron chi connectivity index (χ3n) is 4.42. The molecular weight excluding hydrogens is 400 g/mol. The van der Waals surface area contributed by atoms with Gasteiger partial charge in [0.2, 0.25) is 0 Å². The Balaban J connectivity index is 1.73. The van der Waals surface area contributed by atoms with Gasteiger partial charge < -0.3 is 20.8 Å². The van der Waals surface area contributed by atoms with Gasteiger partial charge in [-0.2, -0.15) is 0 Å². The minimum atomic E-state index is -1.30. The number of aromatic carboxylic acids is 2. The van der Waals surface area contributed by atoms with Crippen LogP contribution in [0.1, 0.15) is 31.1 Å². The first-order valence-electron chi connectivity index (χ1n) is 9.20. The van der Waals surface area contributed by atoms with Crippen LogP contribution in [0.3, 0.4) is 0 Å². The first kappa shape index (κ1) is 21.3. The van der Waals surface area contributed by atoms with Crippen molar-refractivity contribution in [1.82, 2.24) is 5.32 Å². The molecule has 0 bridgehead atoms. The van der Waals surface area contributed by atoms with Crippen molar-refractivity contribution in [1.29, 1.82) is 0 Å². The summed E-state index contributed by atoms with van der Waals surface area (Å²) in [4.78, 5) is 47.5. The quantitative estimate of drug-likeness (QED) is 0.570. The lowest BCUT2D eigenvalue weighted by Gasteiger charge is -2.11. The molecule has 1 aliphatic rings. The maximum Gasteiger partial charge on any atom is 0.337 e. The number of hydrogen-bond donors (Lipinski definition) is 4. The van der Waals surface area contributed by atoms with Crippen LogP contribution < -0.4 is 10.6 Å². The Bertz CT molecular complexity index is 1130. The third-order valence-corrected chi connectivity index (χ3v) is 4.42. The minimum absolute atomic E-state index is 0.131. The number of benzene rings is 2. The zero-order chi connectivity index (χ0) is 22.4. The SMILES string of the molecule is O=C(Nc1cc(C(=O)O)ccc1C(=O)O)C1=CC=CC(NC(=O)c2ccccc2)C=C1. The van der Waals surface area contributed by atoms with E-state index < -0.39 is 23.9 Å². The molecule has 8 nitrogen and oxygen atoms in total. The Morgan fingerprint density at radius 1 is 0.806 bits per heavy atom. The zero-order valence-electron chi connectivity index (χ0n) is 16.1. The summed E-state index contributed by atoms with van der Waals surface area (Å²) in [6, 6.07) is 11.6. The number of allylic oxidation sites excluding steroid dienone is 2. The second kappa shape index (κ2) is 9.36. The number of amides is 2. The lowest BCUT2D eigenvalue weighted by molar-refractivity contribution is -0.112. The van der Waals surface area contributed by atoms with Crippen LogP contribution in [0.15, 0.2) is 84.5 Å². The number of carboxylic acid groups (broad SMARTS) is 2. The van der Waals surface area contributed by atoms with E-state index in [-0.39, 0.29) is 28.3 Å². The third kappa shape index (κ3) is 5.33. The molecule has 0 aliphatic heterocycles. The molecule has 1 atom stereocenters. The van der Waals surface area contributed by atoms with Crippen LogP contribution in [-0.2, 0) is 4.79 Å². The molecule has 2 amide bonds. The van der Waals surface area contributed by atoms with Crippen molar-refractivity contribution in [3.05, 3.63) is 101 Å². The number of nitrogens with one attached hydrogen (secondary N) is 2. The van der Waals surface area contributed by atoms with E-state index >= 15 is 0 Å². The predicted molar refractivity (Wildman–Crippen MR) is 113 cm³/mol. The predicted octanol–water partition coefficient (Wildman–Crippen LogP) is 2.87. The van der Waals surface area contributed by atoms with E-state index in [1.165, 1.54) is 12.2 Å². The fraction of sp³-hybridized carbons (Fsp3) is 0.0435. The summed E-state index contributed by atoms with van der Waals surface area (Å²) >= 11 is 0. The monoisotopic (exact) mass is 418 g/mol. The average molecular weight is 418 g/mol. The molecule has 0 saturated heterocycles. The van der Waals surface area contributed by atoms with Crippen molar-refractivity contribution in [2.75, 3.05) is 5.32 Å². The molecule has 31 heavy (non-hydrogen) atoms. The molecule has 156 valence electrons. The first-order chi connectivity index (χ1) is 14.8. The van der Waals surface area contributed by atoms with Gasteiger partial charge in [0.05, 0.1) is 22.9 Å². The molecule has 8 heteroatoms. The van der Waals surface area contributed by atoms with E-state index in [0.29, 0.717) is 5.56 Å². The van der Waals surface area contributed by atoms with Crippen molar-refractivity contribution >= 4 is 29.4 Å². The molecule has 4 N–H and O–H groups in total. The van der Waals surface area contributed by atoms with E-state index in [1.54, 1.807) is 48.6 Å². The van der Waals surface area contributed by atoms with Crippen LogP contribution in [0.25, 0.3) is 0 Å². The largest absolute Gasteiger partial charge is 0.478 e. The lowest BCUT2D eigenvalue weighted by atomic mass is 10.1. The Morgan fingerprint density at radius 3 is 2.23 bits per heavy atom. The Labute approximate surface area is 177 Å². The maximum atomic E-state index is 12.6. The van der Waals surface area contributed by atoms with Gasteiger partial charge in [0.1, 0.15) is 0 Å². The van der Waals surface area contributed by atoms with Gasteiger partial charge in [0, 0.05) is 11.1 Å². The molecule has 1 unspecified atom stereocenters. The fourth-order valence-electron chi connectivity index (χ4n) is 2.84. The molecule has 0 aromatic heterocycles. The summed E-state index contributed by atoms with van der Waals surface area (Å²) < 4.78 is 0. The van der Waals surface area contributed by atoms with Crippen molar-refractivity contribution < 1.29 is 29.4 Å². The first-order valence-corrected chi connectivity index (χ1v) is 9.20. The second-order valence-corrected chi connectivity index (χ2v) is 6.56. The zero-order valence-corrected chi connectivity index (χ0v) is 16.1. The summed E-state index contributed by atoms with van der Waals surface area (Å²) in [5, 5.41) is 23.7. The Morgan fingerprint density at radius 2 is 1.55 bits per heavy atom. The van der Waals surface area contributed by atoms with Crippen LogP contribution in [0.4, 0.5) is 5.69 Å². The van der Waals surface area contributed by atoms with Crippen molar-refractivity contribution in [2.45, 2.75) is 6.04 Å². The molecule has 1 aliphatic carbocycles. The van der Waals surface area contributed by atoms with E-state index in [9.17, 15) is 24.3 Å². The number of carboxylic acids is 2. The van der Waals surface area contributed by atoms with Crippen LogP contribution in [-0.4, -0.2) is 40.0 Å². The summed E-state index contributed by atoms with van der Waals surface area (Å²) in [5.41, 5.74) is 0.173. The number of carbonyl (C=O) groups is 4. The fourth-order valence-corrected chi connectivity index (χ4v) is 2.84. The summed E-state index contributed by atoms with van der Waals surface area (Å²) in [6.07, 6.45) is 7.89. The van der Waals surface area contributed by atoms with Crippen LogP contribution in [0.5, 0.6) is 0 Å². The highest BCUT2D eigenvalue weighted by Crippen LogP contribution is 2.20. The molecule has 2 aromatic rings. The summed E-state index contributed by atoms with van der Waals surface area (Å²) in [6.45, 7) is 0. The number of hydrogen-bond acceptors (Lipinski definition) is 4. The van der Waals surface area contributed by atoms with E-state index in [0.717, 1.165) is 18.2 Å². The van der Waals surface area contributed by atoms with Gasteiger partial charge in [-0.05, 0) is 36.4 Å². The standard InChI is InChI=1S/C23H18N2O6/c26-20(14-5-2-1-3-6-14)24-17-8-4-7-15(9-11-17)21(27)25-19-13-16(22(28)29)10-12-18(19)23(30)31/h1-13,17H,(H,24,26)(H,25,27)(H,28,29)(H,30,31). The van der Waals surface area contributed by atoms with Gasteiger partial charge in [-0.3, -0.25) is 9.59 Å². The van der Waals surface area contributed by atoms with Crippen LogP contribution in [0, 0.1) is 0 Å². The molecule has 2 aromatic carbocycles. The molecule has 3 rings (SSSR count). The van der Waals surface area contributed by atoms with Gasteiger partial charge in [0.15, 0.2) is 0 Å². The summed E-state index contributed by atoms with van der Waals surface area (Å²) in [5.74, 6) is -3.45. The number of carbonyl (C=O) groups excluding carboxylic acids is 2. The molecule has 0 heterocycles. The van der Waals surface area contributed by atoms with Crippen LogP contribution in [0.2, 0.25) is 0 Å². The minimum Gasteiger partial charge on any atom is -0.478 e. The van der Waals surface area contributed by atoms with Gasteiger partial charge in [-0.25, -0.2) is 9.59 Å². The van der Waals surface area contributed by atoms with E-state index in [1.807, 2.05) is 0 Å². The molecule has 0 spiro atoms. The maximum absolute atomic E-state index is 12.6. The average Bonchev–Trinajstić information content (AvgIpc) is 2.99. The van der Waals surface area contributed by atoms with Gasteiger partial charge in [0.25, 0.3) is 11.8 Å². The van der Waals surface area contributed by atoms with Crippen LogP contribution >= 0.6 is 0 Å². The lowest BCUT2D eigenvalue weighted by Crippen LogP contribution is -2.31. The topological polar surface area (TPSA) is 133 Å². The van der Waals surface area contributed by atoms with Gasteiger partial charge in [-0.15, -0.1) is 0 Å². The van der Waals surface area contributed by atoms with Crippen molar-refractivity contribution in [3.8, 4) is 0 Å². The number of anilines is 1. The second-order valence-electron chi connectivity index (χ2n) is 6.56. The van der Waals surface area contributed by atoms with E-state index in [2.05, 4.69) is 10.6 Å². The molecule has 0 radical (unpaired) electrons. The summed E-state index contributed by atoms with van der Waals surface area (Å²) in [7, 11) is 0. The molecular formula is C23H18N2O6. The van der Waals surface area contributed by atoms with Crippen molar-refractivity contribution in [2.24, 2.45) is 0 Å². The Hall–Kier alpha value is -4.46. The highest BCUT2D eigenvalue weighted by Gasteiger charge is 2.17.